The predicted molar refractivity (Wildman–Crippen MR) is 109 cm³/mol. The number of pyridine rings is 1. The summed E-state index contributed by atoms with van der Waals surface area (Å²) in [5.41, 5.74) is 1.22. The Kier molecular flexibility index (Phi) is 4.97. The van der Waals surface area contributed by atoms with E-state index < -0.39 is 5.82 Å². The van der Waals surface area contributed by atoms with Gasteiger partial charge in [-0.25, -0.2) is 19.3 Å². The number of anilines is 2. The second-order valence-electron chi connectivity index (χ2n) is 7.13. The Morgan fingerprint density at radius 3 is 2.71 bits per heavy atom. The molecular weight excluding hydrogens is 377 g/mol. The molecule has 4 heterocycles. The smallest absolute Gasteiger partial charge is 0.231 e. The molecule has 0 aliphatic carbocycles. The average molecular weight is 399 g/mol. The summed E-state index contributed by atoms with van der Waals surface area (Å²) in [4.78, 5) is 31.6. The first kappa shape index (κ1) is 18.7. The molecule has 3 aromatic heterocycles. The van der Waals surface area contributed by atoms with Gasteiger partial charge in [0.15, 0.2) is 11.6 Å². The predicted octanol–water partition coefficient (Wildman–Crippen LogP) is 3.72. The Bertz CT molecular complexity index is 1030. The summed E-state index contributed by atoms with van der Waals surface area (Å²) in [6.45, 7) is 5.67. The maximum Gasteiger partial charge on any atom is 0.231 e. The van der Waals surface area contributed by atoms with Gasteiger partial charge in [0, 0.05) is 37.1 Å². The van der Waals surface area contributed by atoms with Gasteiger partial charge in [-0.05, 0) is 44.4 Å². The van der Waals surface area contributed by atoms with Crippen LogP contribution in [0.1, 0.15) is 23.3 Å². The minimum Gasteiger partial charge on any atom is -0.356 e. The molecule has 146 valence electrons. The molecule has 28 heavy (non-hydrogen) atoms. The second-order valence-corrected chi connectivity index (χ2v) is 8.33. The van der Waals surface area contributed by atoms with Gasteiger partial charge in [0.25, 0.3) is 0 Å². The molecule has 3 aromatic rings. The molecule has 8 heteroatoms. The molecule has 0 bridgehead atoms. The summed E-state index contributed by atoms with van der Waals surface area (Å²) in [6.07, 6.45) is 4.51. The number of hydrogen-bond acceptors (Lipinski definition) is 6. The molecule has 0 unspecified atom stereocenters. The zero-order valence-corrected chi connectivity index (χ0v) is 17.0. The van der Waals surface area contributed by atoms with Crippen LogP contribution in [0.3, 0.4) is 0 Å². The number of nitrogens with zero attached hydrogens (tertiary/aromatic N) is 5. The molecule has 0 spiro atoms. The van der Waals surface area contributed by atoms with E-state index in [9.17, 15) is 9.18 Å². The van der Waals surface area contributed by atoms with Gasteiger partial charge in [0.1, 0.15) is 17.0 Å². The standard InChI is InChI=1S/C20H22FN5OS/c1-12-13(2)28-19-16(12)18(23-11-24-19)26-9-6-14(7-10-26)20(27)25(3)17-15(21)5-4-8-22-17/h4-5,8,11,14H,6-7,9-10H2,1-3H3. The first-order valence-electron chi connectivity index (χ1n) is 9.31. The first-order valence-corrected chi connectivity index (χ1v) is 10.1. The van der Waals surface area contributed by atoms with Gasteiger partial charge < -0.3 is 4.90 Å². The molecule has 1 saturated heterocycles. The quantitative estimate of drug-likeness (QED) is 0.672. The van der Waals surface area contributed by atoms with Crippen molar-refractivity contribution in [2.45, 2.75) is 26.7 Å². The fourth-order valence-corrected chi connectivity index (χ4v) is 4.74. The normalized spacial score (nSPS) is 15.2. The van der Waals surface area contributed by atoms with Gasteiger partial charge in [-0.3, -0.25) is 9.69 Å². The number of rotatable bonds is 3. The topological polar surface area (TPSA) is 62.2 Å². The highest BCUT2D eigenvalue weighted by Gasteiger charge is 2.30. The lowest BCUT2D eigenvalue weighted by molar-refractivity contribution is -0.122. The minimum absolute atomic E-state index is 0.0804. The second kappa shape index (κ2) is 7.43. The van der Waals surface area contributed by atoms with Crippen molar-refractivity contribution in [3.05, 3.63) is 40.9 Å². The zero-order valence-electron chi connectivity index (χ0n) is 16.1. The summed E-state index contributed by atoms with van der Waals surface area (Å²) in [5.74, 6) is 0.305. The number of halogens is 1. The van der Waals surface area contributed by atoms with E-state index >= 15 is 0 Å². The van der Waals surface area contributed by atoms with E-state index in [1.807, 2.05) is 0 Å². The van der Waals surface area contributed by atoms with E-state index in [0.717, 1.165) is 29.1 Å². The van der Waals surface area contributed by atoms with Crippen LogP contribution < -0.4 is 9.80 Å². The third-order valence-corrected chi connectivity index (χ3v) is 6.59. The lowest BCUT2D eigenvalue weighted by Crippen LogP contribution is -2.42. The highest BCUT2D eigenvalue weighted by Crippen LogP contribution is 2.35. The van der Waals surface area contributed by atoms with Crippen molar-refractivity contribution >= 4 is 39.1 Å². The zero-order chi connectivity index (χ0) is 19.8. The first-order chi connectivity index (χ1) is 13.5. The Morgan fingerprint density at radius 1 is 1.25 bits per heavy atom. The highest BCUT2D eigenvalue weighted by atomic mass is 32.1. The maximum atomic E-state index is 14.0. The number of fused-ring (bicyclic) bond motifs is 1. The maximum absolute atomic E-state index is 14.0. The third-order valence-electron chi connectivity index (χ3n) is 5.48. The van der Waals surface area contributed by atoms with Crippen molar-refractivity contribution in [1.29, 1.82) is 0 Å². The Hall–Kier alpha value is -2.61. The Labute approximate surface area is 167 Å². The van der Waals surface area contributed by atoms with Crippen LogP contribution in [0.25, 0.3) is 10.2 Å². The van der Waals surface area contributed by atoms with E-state index in [1.54, 1.807) is 24.7 Å². The highest BCUT2D eigenvalue weighted by molar-refractivity contribution is 7.18. The van der Waals surface area contributed by atoms with E-state index in [0.29, 0.717) is 12.8 Å². The number of carbonyl (C=O) groups is 1. The number of hydrogen-bond donors (Lipinski definition) is 0. The van der Waals surface area contributed by atoms with Crippen molar-refractivity contribution in [1.82, 2.24) is 15.0 Å². The van der Waals surface area contributed by atoms with Gasteiger partial charge in [-0.1, -0.05) is 0 Å². The van der Waals surface area contributed by atoms with Gasteiger partial charge >= 0.3 is 0 Å². The van der Waals surface area contributed by atoms with E-state index in [-0.39, 0.29) is 17.6 Å². The van der Waals surface area contributed by atoms with Crippen LogP contribution in [-0.2, 0) is 4.79 Å². The lowest BCUT2D eigenvalue weighted by atomic mass is 9.95. The summed E-state index contributed by atoms with van der Waals surface area (Å²) in [7, 11) is 1.59. The fraction of sp³-hybridized carbons (Fsp3) is 0.400. The molecule has 6 nitrogen and oxygen atoms in total. The van der Waals surface area contributed by atoms with Crippen molar-refractivity contribution in [3.8, 4) is 0 Å². The van der Waals surface area contributed by atoms with Crippen molar-refractivity contribution in [2.75, 3.05) is 29.9 Å². The SMILES string of the molecule is Cc1sc2ncnc(N3CCC(C(=O)N(C)c4ncccc4F)CC3)c2c1C. The number of thiophene rings is 1. The number of piperidine rings is 1. The third kappa shape index (κ3) is 3.22. The van der Waals surface area contributed by atoms with Crippen molar-refractivity contribution in [3.63, 3.8) is 0 Å². The minimum atomic E-state index is -0.484. The van der Waals surface area contributed by atoms with Gasteiger partial charge in [0.05, 0.1) is 5.39 Å². The van der Waals surface area contributed by atoms with Gasteiger partial charge in [-0.2, -0.15) is 0 Å². The molecule has 0 radical (unpaired) electrons. The Balaban J connectivity index is 1.50. The van der Waals surface area contributed by atoms with E-state index in [1.165, 1.54) is 33.7 Å². The molecule has 0 atom stereocenters. The van der Waals surface area contributed by atoms with Crippen molar-refractivity contribution in [2.24, 2.45) is 5.92 Å². The van der Waals surface area contributed by atoms with Gasteiger partial charge in [-0.15, -0.1) is 11.3 Å². The van der Waals surface area contributed by atoms with Gasteiger partial charge in [0.2, 0.25) is 5.91 Å². The molecule has 0 aromatic carbocycles. The monoisotopic (exact) mass is 399 g/mol. The molecular formula is C20H22FN5OS. The molecule has 1 amide bonds. The van der Waals surface area contributed by atoms with Crippen LogP contribution in [-0.4, -0.2) is 41.0 Å². The van der Waals surface area contributed by atoms with Crippen LogP contribution in [0.4, 0.5) is 16.0 Å². The van der Waals surface area contributed by atoms with E-state index in [2.05, 4.69) is 33.7 Å². The molecule has 4 rings (SSSR count). The summed E-state index contributed by atoms with van der Waals surface area (Å²) >= 11 is 1.68. The van der Waals surface area contributed by atoms with Crippen molar-refractivity contribution < 1.29 is 9.18 Å². The number of carbonyl (C=O) groups excluding carboxylic acids is 1. The summed E-state index contributed by atoms with van der Waals surface area (Å²) in [6, 6.07) is 2.84. The molecule has 0 N–H and O–H groups in total. The molecule has 1 aliphatic heterocycles. The number of aromatic nitrogens is 3. The van der Waals surface area contributed by atoms with Crippen LogP contribution in [0.5, 0.6) is 0 Å². The molecule has 1 fully saturated rings. The largest absolute Gasteiger partial charge is 0.356 e. The van der Waals surface area contributed by atoms with Crippen LogP contribution in [0, 0.1) is 25.6 Å². The lowest BCUT2D eigenvalue weighted by Gasteiger charge is -2.34. The number of amides is 1. The average Bonchev–Trinajstić information content (AvgIpc) is 3.01. The van der Waals surface area contributed by atoms with Crippen LogP contribution >= 0.6 is 11.3 Å². The fourth-order valence-electron chi connectivity index (χ4n) is 3.74. The van der Waals surface area contributed by atoms with Crippen LogP contribution in [0.15, 0.2) is 24.7 Å². The summed E-state index contributed by atoms with van der Waals surface area (Å²) < 4.78 is 14.0. The molecule has 1 aliphatic rings. The van der Waals surface area contributed by atoms with Crippen LogP contribution in [0.2, 0.25) is 0 Å². The number of aryl methyl sites for hydroxylation is 2. The van der Waals surface area contributed by atoms with E-state index in [4.69, 9.17) is 0 Å². The summed E-state index contributed by atoms with van der Waals surface area (Å²) in [5, 5.41) is 1.11. The Morgan fingerprint density at radius 2 is 2.00 bits per heavy atom. The molecule has 0 saturated carbocycles.